The fourth-order valence-corrected chi connectivity index (χ4v) is 4.12. The van der Waals surface area contributed by atoms with Crippen molar-refractivity contribution in [2.45, 2.75) is 6.42 Å². The zero-order valence-electron chi connectivity index (χ0n) is 17.5. The number of carboxylic acids is 1. The normalized spacial score (nSPS) is 15.4. The molecule has 5 rings (SSSR count). The third kappa shape index (κ3) is 3.38. The molecule has 3 heterocycles. The summed E-state index contributed by atoms with van der Waals surface area (Å²) in [5.41, 5.74) is 5.72. The number of aromatic nitrogens is 3. The monoisotopic (exact) mass is 417 g/mol. The lowest BCUT2D eigenvalue weighted by molar-refractivity contribution is 0.0691. The van der Waals surface area contributed by atoms with E-state index in [4.69, 9.17) is 14.7 Å². The predicted molar refractivity (Wildman–Crippen MR) is 120 cm³/mol. The van der Waals surface area contributed by atoms with Crippen molar-refractivity contribution in [2.24, 2.45) is 0 Å². The molecule has 158 valence electrons. The number of carbonyl (C=O) groups is 1. The van der Waals surface area contributed by atoms with Crippen LogP contribution in [0.3, 0.4) is 0 Å². The number of hydrogen-bond acceptors (Lipinski definition) is 7. The minimum Gasteiger partial charge on any atom is -0.477 e. The molecular weight excluding hydrogens is 394 g/mol. The molecule has 0 amide bonds. The first kappa shape index (κ1) is 19.4. The van der Waals surface area contributed by atoms with E-state index in [0.29, 0.717) is 54.7 Å². The molecule has 1 N–H and O–H groups in total. The molecule has 0 atom stereocenters. The summed E-state index contributed by atoms with van der Waals surface area (Å²) in [7, 11) is 3.75. The Labute approximate surface area is 179 Å². The Balaban J connectivity index is 1.84. The highest BCUT2D eigenvalue weighted by atomic mass is 16.5. The van der Waals surface area contributed by atoms with Gasteiger partial charge in [0.1, 0.15) is 16.7 Å². The number of ether oxygens (including phenoxy) is 1. The minimum absolute atomic E-state index is 0.0247. The number of benzene rings is 1. The molecule has 2 aromatic heterocycles. The Morgan fingerprint density at radius 2 is 1.94 bits per heavy atom. The zero-order chi connectivity index (χ0) is 21.5. The van der Waals surface area contributed by atoms with Crippen LogP contribution in [0.25, 0.3) is 28.4 Å². The van der Waals surface area contributed by atoms with E-state index in [9.17, 15) is 9.90 Å². The van der Waals surface area contributed by atoms with Gasteiger partial charge in [-0.15, -0.1) is 0 Å². The summed E-state index contributed by atoms with van der Waals surface area (Å²) in [4.78, 5) is 30.0. The molecule has 0 saturated carbocycles. The summed E-state index contributed by atoms with van der Waals surface area (Å²) >= 11 is 0. The van der Waals surface area contributed by atoms with E-state index < -0.39 is 5.97 Å². The maximum Gasteiger partial charge on any atom is 0.354 e. The van der Waals surface area contributed by atoms with Gasteiger partial charge in [0, 0.05) is 32.7 Å². The largest absolute Gasteiger partial charge is 0.477 e. The molecule has 3 aromatic rings. The smallest absolute Gasteiger partial charge is 0.354 e. The Morgan fingerprint density at radius 1 is 1.13 bits per heavy atom. The Bertz CT molecular complexity index is 1220. The third-order valence-electron chi connectivity index (χ3n) is 5.69. The number of fused-ring (bicyclic) bond motifs is 2. The summed E-state index contributed by atoms with van der Waals surface area (Å²) in [6, 6.07) is 7.70. The van der Waals surface area contributed by atoms with Crippen LogP contribution in [0.15, 0.2) is 30.3 Å². The predicted octanol–water partition coefficient (Wildman–Crippen LogP) is 2.86. The Hall–Kier alpha value is -3.52. The molecule has 8 nitrogen and oxygen atoms in total. The number of morpholine rings is 1. The summed E-state index contributed by atoms with van der Waals surface area (Å²) in [5.74, 6) is -0.468. The lowest BCUT2D eigenvalue weighted by Crippen LogP contribution is -2.37. The topological polar surface area (TPSA) is 91.7 Å². The van der Waals surface area contributed by atoms with Gasteiger partial charge < -0.3 is 19.6 Å². The van der Waals surface area contributed by atoms with Gasteiger partial charge in [0.25, 0.3) is 0 Å². The van der Waals surface area contributed by atoms with Crippen LogP contribution >= 0.6 is 0 Å². The second kappa shape index (κ2) is 7.63. The lowest BCUT2D eigenvalue weighted by atomic mass is 9.99. The fraction of sp³-hybridized carbons (Fsp3) is 0.304. The number of rotatable bonds is 4. The first-order valence-corrected chi connectivity index (χ1v) is 10.3. The van der Waals surface area contributed by atoms with E-state index in [1.165, 1.54) is 5.56 Å². The lowest BCUT2D eigenvalue weighted by Gasteiger charge is -2.28. The van der Waals surface area contributed by atoms with Crippen LogP contribution in [0.1, 0.15) is 21.6 Å². The van der Waals surface area contributed by atoms with Crippen molar-refractivity contribution in [3.63, 3.8) is 0 Å². The maximum atomic E-state index is 11.8. The van der Waals surface area contributed by atoms with Gasteiger partial charge in [-0.3, -0.25) is 0 Å². The van der Waals surface area contributed by atoms with E-state index in [2.05, 4.69) is 28.1 Å². The molecule has 31 heavy (non-hydrogen) atoms. The zero-order valence-corrected chi connectivity index (χ0v) is 17.5. The first-order chi connectivity index (χ1) is 15.0. The van der Waals surface area contributed by atoms with E-state index in [1.54, 1.807) is 6.07 Å². The Morgan fingerprint density at radius 3 is 2.68 bits per heavy atom. The van der Waals surface area contributed by atoms with Crippen LogP contribution in [-0.2, 0) is 11.2 Å². The minimum atomic E-state index is -1.08. The molecular formula is C23H23N5O3. The van der Waals surface area contributed by atoms with Crippen molar-refractivity contribution in [1.82, 2.24) is 15.0 Å². The van der Waals surface area contributed by atoms with Gasteiger partial charge >= 0.3 is 5.97 Å². The van der Waals surface area contributed by atoms with Gasteiger partial charge in [0.2, 0.25) is 5.95 Å². The molecule has 1 aliphatic carbocycles. The number of hydrogen-bond donors (Lipinski definition) is 1. The van der Waals surface area contributed by atoms with Crippen LogP contribution in [0.4, 0.5) is 11.6 Å². The van der Waals surface area contributed by atoms with E-state index >= 15 is 0 Å². The van der Waals surface area contributed by atoms with Crippen molar-refractivity contribution in [1.29, 1.82) is 0 Å². The van der Waals surface area contributed by atoms with Gasteiger partial charge in [-0.25, -0.2) is 19.7 Å². The molecule has 2 aliphatic rings. The van der Waals surface area contributed by atoms with Gasteiger partial charge in [0.15, 0.2) is 5.69 Å². The van der Waals surface area contributed by atoms with Crippen LogP contribution in [-0.4, -0.2) is 66.4 Å². The summed E-state index contributed by atoms with van der Waals surface area (Å²) in [6.45, 7) is 2.65. The van der Waals surface area contributed by atoms with Gasteiger partial charge in [-0.05, 0) is 23.6 Å². The average Bonchev–Trinajstić information content (AvgIpc) is 3.27. The average molecular weight is 417 g/mol. The van der Waals surface area contributed by atoms with Gasteiger partial charge in [0.05, 0.1) is 18.9 Å². The molecule has 0 unspecified atom stereocenters. The van der Waals surface area contributed by atoms with Crippen LogP contribution in [0.5, 0.6) is 0 Å². The van der Waals surface area contributed by atoms with E-state index in [-0.39, 0.29) is 5.69 Å². The number of carboxylic acid groups (broad SMARTS) is 1. The van der Waals surface area contributed by atoms with Crippen molar-refractivity contribution < 1.29 is 14.6 Å². The molecule has 1 aromatic carbocycles. The Kier molecular flexibility index (Phi) is 4.78. The number of nitrogens with zero attached hydrogens (tertiary/aromatic N) is 5. The van der Waals surface area contributed by atoms with Crippen molar-refractivity contribution in [2.75, 3.05) is 50.2 Å². The summed E-state index contributed by atoms with van der Waals surface area (Å²) in [6.07, 6.45) is 5.10. The van der Waals surface area contributed by atoms with Gasteiger partial charge in [-0.2, -0.15) is 0 Å². The van der Waals surface area contributed by atoms with Crippen LogP contribution < -0.4 is 9.80 Å². The third-order valence-corrected chi connectivity index (χ3v) is 5.69. The standard InChI is InChI=1S/C23H23N5O3/c1-27(2)18-13-17(22(29)30)24-21-19(16-8-4-6-14-5-3-7-15(14)16)25-23(26-20(18)21)28-9-11-31-12-10-28/h3-4,6-8,13H,5,9-12H2,1-2H3,(H,29,30). The molecule has 1 saturated heterocycles. The highest BCUT2D eigenvalue weighted by molar-refractivity contribution is 6.02. The van der Waals surface area contributed by atoms with Crippen molar-refractivity contribution in [3.05, 3.63) is 47.2 Å². The molecule has 1 fully saturated rings. The number of allylic oxidation sites excluding steroid dienone is 1. The van der Waals surface area contributed by atoms with E-state index in [0.717, 1.165) is 17.5 Å². The molecule has 0 bridgehead atoms. The number of aromatic carboxylic acids is 1. The number of anilines is 2. The highest BCUT2D eigenvalue weighted by Crippen LogP contribution is 2.37. The first-order valence-electron chi connectivity index (χ1n) is 10.3. The fourth-order valence-electron chi connectivity index (χ4n) is 4.12. The van der Waals surface area contributed by atoms with Crippen LogP contribution in [0.2, 0.25) is 0 Å². The molecule has 0 spiro atoms. The quantitative estimate of drug-likeness (QED) is 0.693. The molecule has 8 heteroatoms. The molecule has 1 aliphatic heterocycles. The van der Waals surface area contributed by atoms with Crippen LogP contribution in [0, 0.1) is 0 Å². The highest BCUT2D eigenvalue weighted by Gasteiger charge is 2.24. The second-order valence-corrected chi connectivity index (χ2v) is 7.88. The van der Waals surface area contributed by atoms with Crippen molar-refractivity contribution in [3.8, 4) is 11.3 Å². The summed E-state index contributed by atoms with van der Waals surface area (Å²) < 4.78 is 5.50. The summed E-state index contributed by atoms with van der Waals surface area (Å²) in [5, 5.41) is 9.67. The van der Waals surface area contributed by atoms with Gasteiger partial charge in [-0.1, -0.05) is 30.4 Å². The van der Waals surface area contributed by atoms with Crippen molar-refractivity contribution >= 4 is 34.7 Å². The molecule has 0 radical (unpaired) electrons. The number of pyridine rings is 1. The second-order valence-electron chi connectivity index (χ2n) is 7.88. The van der Waals surface area contributed by atoms with E-state index in [1.807, 2.05) is 31.1 Å². The maximum absolute atomic E-state index is 11.8. The SMILES string of the molecule is CN(C)c1cc(C(=O)O)nc2c(-c3cccc4c3C=CC4)nc(N3CCOCC3)nc12.